The molecule has 148 valence electrons. The number of alkyl halides is 1. The molecule has 5 heteroatoms. The van der Waals surface area contributed by atoms with Crippen LogP contribution < -0.4 is 5.32 Å². The predicted molar refractivity (Wildman–Crippen MR) is 108 cm³/mol. The quantitative estimate of drug-likeness (QED) is 0.854. The van der Waals surface area contributed by atoms with Crippen LogP contribution in [-0.2, 0) is 17.6 Å². The summed E-state index contributed by atoms with van der Waals surface area (Å²) in [7, 11) is 0. The van der Waals surface area contributed by atoms with Gasteiger partial charge in [-0.2, -0.15) is 0 Å². The first-order chi connectivity index (χ1) is 13.7. The Hall–Kier alpha value is -2.24. The van der Waals surface area contributed by atoms with Crippen molar-refractivity contribution in [2.75, 3.05) is 25.1 Å². The molecule has 0 unspecified atom stereocenters. The Morgan fingerprint density at radius 1 is 1.07 bits per heavy atom. The van der Waals surface area contributed by atoms with Gasteiger partial charge in [0.05, 0.1) is 6.10 Å². The first kappa shape index (κ1) is 19.1. The van der Waals surface area contributed by atoms with Gasteiger partial charge in [-0.3, -0.25) is 9.69 Å². The fourth-order valence-electron chi connectivity index (χ4n) is 4.74. The zero-order chi connectivity index (χ0) is 19.5. The van der Waals surface area contributed by atoms with Gasteiger partial charge in [-0.1, -0.05) is 42.5 Å². The van der Waals surface area contributed by atoms with Crippen molar-refractivity contribution in [3.8, 4) is 0 Å². The van der Waals surface area contributed by atoms with Crippen molar-refractivity contribution in [1.82, 2.24) is 4.90 Å². The average molecular weight is 381 g/mol. The maximum atomic E-state index is 12.7. The van der Waals surface area contributed by atoms with Crippen molar-refractivity contribution in [3.05, 3.63) is 65.2 Å². The summed E-state index contributed by atoms with van der Waals surface area (Å²) < 4.78 is 12.7. The number of carbonyl (C=O) groups is 1. The van der Waals surface area contributed by atoms with Gasteiger partial charge in [0.15, 0.2) is 6.67 Å². The van der Waals surface area contributed by atoms with Crippen LogP contribution in [0.4, 0.5) is 10.1 Å². The van der Waals surface area contributed by atoms with Gasteiger partial charge in [0.1, 0.15) is 0 Å². The number of amides is 1. The third-order valence-corrected chi connectivity index (χ3v) is 6.22. The number of fused-ring (bicyclic) bond motifs is 1. The van der Waals surface area contributed by atoms with Crippen molar-refractivity contribution in [2.24, 2.45) is 0 Å². The highest BCUT2D eigenvalue weighted by molar-refractivity contribution is 5.92. The molecule has 2 aromatic carbocycles. The van der Waals surface area contributed by atoms with E-state index >= 15 is 0 Å². The van der Waals surface area contributed by atoms with Crippen LogP contribution in [0.3, 0.4) is 0 Å². The van der Waals surface area contributed by atoms with E-state index in [1.807, 2.05) is 24.3 Å². The summed E-state index contributed by atoms with van der Waals surface area (Å²) in [6.45, 7) is 0.883. The lowest BCUT2D eigenvalue weighted by molar-refractivity contribution is -0.117. The van der Waals surface area contributed by atoms with Gasteiger partial charge < -0.3 is 10.4 Å². The third-order valence-electron chi connectivity index (χ3n) is 6.22. The molecule has 0 spiro atoms. The summed E-state index contributed by atoms with van der Waals surface area (Å²) in [5, 5.41) is 13.5. The first-order valence-electron chi connectivity index (χ1n) is 10.1. The fourth-order valence-corrected chi connectivity index (χ4v) is 4.74. The van der Waals surface area contributed by atoms with Gasteiger partial charge in [-0.05, 0) is 61.0 Å². The number of likely N-dealkylation sites (tertiary alicyclic amines) is 1. The second kappa shape index (κ2) is 8.41. The zero-order valence-corrected chi connectivity index (χ0v) is 16.0. The maximum absolute atomic E-state index is 12.7. The lowest BCUT2D eigenvalue weighted by Gasteiger charge is -2.42. The summed E-state index contributed by atoms with van der Waals surface area (Å²) in [6, 6.07) is 16.3. The molecule has 1 amide bonds. The predicted octanol–water partition coefficient (Wildman–Crippen LogP) is 3.30. The molecule has 1 fully saturated rings. The number of anilines is 1. The smallest absolute Gasteiger partial charge is 0.255 e. The number of aliphatic hydroxyl groups is 1. The largest absolute Gasteiger partial charge is 0.391 e. The number of hydrogen-bond acceptors (Lipinski definition) is 3. The number of rotatable bonds is 4. The molecule has 4 nitrogen and oxygen atoms in total. The molecule has 0 bridgehead atoms. The van der Waals surface area contributed by atoms with E-state index in [9.17, 15) is 14.3 Å². The van der Waals surface area contributed by atoms with Crippen LogP contribution in [0.1, 0.15) is 35.4 Å². The first-order valence-corrected chi connectivity index (χ1v) is 10.1. The molecule has 2 aromatic rings. The molecular formula is C23H27FN2O2. The third kappa shape index (κ3) is 3.96. The van der Waals surface area contributed by atoms with Crippen molar-refractivity contribution in [1.29, 1.82) is 0 Å². The van der Waals surface area contributed by atoms with Crippen molar-refractivity contribution < 1.29 is 14.3 Å². The van der Waals surface area contributed by atoms with Crippen LogP contribution in [0.15, 0.2) is 48.5 Å². The van der Waals surface area contributed by atoms with E-state index in [1.165, 1.54) is 5.56 Å². The molecular weight excluding hydrogens is 354 g/mol. The second-order valence-corrected chi connectivity index (χ2v) is 7.89. The van der Waals surface area contributed by atoms with Gasteiger partial charge in [0.25, 0.3) is 5.91 Å². The molecule has 2 N–H and O–H groups in total. The van der Waals surface area contributed by atoms with Gasteiger partial charge in [0, 0.05) is 18.2 Å². The number of hydrogen-bond donors (Lipinski definition) is 2. The highest BCUT2D eigenvalue weighted by atomic mass is 18.2. The number of piperidine rings is 1. The van der Waals surface area contributed by atoms with Crippen LogP contribution in [0.25, 0.3) is 0 Å². The van der Waals surface area contributed by atoms with Crippen molar-refractivity contribution in [3.63, 3.8) is 0 Å². The monoisotopic (exact) mass is 381 g/mol. The molecule has 2 aliphatic rings. The Kier molecular flexibility index (Phi) is 5.74. The highest BCUT2D eigenvalue weighted by Crippen LogP contribution is 2.34. The molecule has 0 radical (unpaired) electrons. The number of halogens is 1. The van der Waals surface area contributed by atoms with E-state index in [4.69, 9.17) is 0 Å². The molecule has 0 saturated carbocycles. The van der Waals surface area contributed by atoms with Crippen LogP contribution in [-0.4, -0.2) is 47.8 Å². The van der Waals surface area contributed by atoms with Gasteiger partial charge in [-0.25, -0.2) is 4.39 Å². The Bertz CT molecular complexity index is 819. The number of benzene rings is 2. The number of carbonyl (C=O) groups excluding carboxylic acids is 1. The lowest BCUT2D eigenvalue weighted by atomic mass is 9.82. The molecule has 4 rings (SSSR count). The standard InChI is InChI=1S/C23H27FN2O2/c24-15-23(28)25-20-8-4-7-18-13-22(27)21(14-19(18)20)26-11-9-17(10-12-26)16-5-2-1-3-6-16/h1-8,17,21-22,27H,9-15H2,(H,25,28)/t21-,22-/m1/s1/i24-1. The molecule has 1 heterocycles. The Morgan fingerprint density at radius 2 is 1.82 bits per heavy atom. The van der Waals surface area contributed by atoms with E-state index in [2.05, 4.69) is 34.5 Å². The summed E-state index contributed by atoms with van der Waals surface area (Å²) in [4.78, 5) is 13.9. The minimum Gasteiger partial charge on any atom is -0.391 e. The summed E-state index contributed by atoms with van der Waals surface area (Å²) in [5.74, 6) is -0.0513. The summed E-state index contributed by atoms with van der Waals surface area (Å²) in [6.07, 6.45) is 2.99. The average Bonchev–Trinajstić information content (AvgIpc) is 2.74. The van der Waals surface area contributed by atoms with Gasteiger partial charge in [-0.15, -0.1) is 0 Å². The van der Waals surface area contributed by atoms with E-state index < -0.39 is 18.7 Å². The normalized spacial score (nSPS) is 23.2. The zero-order valence-electron chi connectivity index (χ0n) is 16.0. The van der Waals surface area contributed by atoms with Gasteiger partial charge >= 0.3 is 0 Å². The fraction of sp³-hybridized carbons (Fsp3) is 0.435. The molecule has 1 aliphatic carbocycles. The number of nitrogens with zero attached hydrogens (tertiary/aromatic N) is 1. The van der Waals surface area contributed by atoms with E-state index in [1.54, 1.807) is 0 Å². The Labute approximate surface area is 165 Å². The Balaban J connectivity index is 1.47. The van der Waals surface area contributed by atoms with E-state index in [-0.39, 0.29) is 6.04 Å². The second-order valence-electron chi connectivity index (χ2n) is 7.89. The van der Waals surface area contributed by atoms with Crippen molar-refractivity contribution >= 4 is 11.6 Å². The number of aliphatic hydroxyl groups excluding tert-OH is 1. The topological polar surface area (TPSA) is 52.6 Å². The minimum absolute atomic E-state index is 0.0349. The van der Waals surface area contributed by atoms with Crippen LogP contribution in [0.2, 0.25) is 0 Å². The minimum atomic E-state index is -1.03. The number of nitrogens with one attached hydrogen (secondary N) is 1. The molecule has 0 aromatic heterocycles. The molecule has 28 heavy (non-hydrogen) atoms. The van der Waals surface area contributed by atoms with E-state index in [0.29, 0.717) is 24.4 Å². The lowest BCUT2D eigenvalue weighted by Crippen LogP contribution is -2.51. The summed E-state index contributed by atoms with van der Waals surface area (Å²) in [5.41, 5.74) is 4.15. The SMILES string of the molecule is O=C(C[18F])Nc1cccc2c1C[C@@H](N1CCC(c3ccccc3)CC1)[C@H](O)C2. The van der Waals surface area contributed by atoms with Crippen molar-refractivity contribution in [2.45, 2.75) is 43.7 Å². The van der Waals surface area contributed by atoms with E-state index in [0.717, 1.165) is 37.1 Å². The van der Waals surface area contributed by atoms with Gasteiger partial charge in [0.2, 0.25) is 0 Å². The summed E-state index contributed by atoms with van der Waals surface area (Å²) >= 11 is 0. The van der Waals surface area contributed by atoms with Crippen LogP contribution in [0.5, 0.6) is 0 Å². The maximum Gasteiger partial charge on any atom is 0.255 e. The highest BCUT2D eigenvalue weighted by Gasteiger charge is 2.35. The van der Waals surface area contributed by atoms with Crippen LogP contribution >= 0.6 is 0 Å². The molecule has 1 aliphatic heterocycles. The van der Waals surface area contributed by atoms with Crippen LogP contribution in [0, 0.1) is 0 Å². The Morgan fingerprint density at radius 3 is 2.54 bits per heavy atom. The molecule has 2 atom stereocenters. The molecule has 1 saturated heterocycles.